The lowest BCUT2D eigenvalue weighted by Gasteiger charge is -2.08. The van der Waals surface area contributed by atoms with Gasteiger partial charge in [0, 0.05) is 21.4 Å². The second-order valence-electron chi connectivity index (χ2n) is 4.19. The zero-order valence-electron chi connectivity index (χ0n) is 10.9. The van der Waals surface area contributed by atoms with Crippen molar-refractivity contribution in [2.75, 3.05) is 17.2 Å². The Morgan fingerprint density at radius 1 is 1.20 bits per heavy atom. The number of carbonyl (C=O) groups is 1. The Hall–Kier alpha value is -1.63. The third-order valence-electron chi connectivity index (χ3n) is 2.71. The van der Waals surface area contributed by atoms with Crippen LogP contribution in [0.25, 0.3) is 0 Å². The molecule has 0 aliphatic rings. The van der Waals surface area contributed by atoms with Crippen LogP contribution in [0.5, 0.6) is 0 Å². The van der Waals surface area contributed by atoms with E-state index in [9.17, 15) is 9.18 Å². The zero-order chi connectivity index (χ0) is 14.5. The van der Waals surface area contributed by atoms with Crippen molar-refractivity contribution in [3.8, 4) is 0 Å². The molecule has 0 aromatic heterocycles. The van der Waals surface area contributed by atoms with Gasteiger partial charge in [0.2, 0.25) is 0 Å². The van der Waals surface area contributed by atoms with Gasteiger partial charge < -0.3 is 10.6 Å². The number of rotatable bonds is 4. The lowest BCUT2D eigenvalue weighted by molar-refractivity contribution is 0.102. The summed E-state index contributed by atoms with van der Waals surface area (Å²) in [7, 11) is 0. The maximum absolute atomic E-state index is 13.0. The number of halogens is 2. The lowest BCUT2D eigenvalue weighted by Crippen LogP contribution is -2.13. The number of hydrogen-bond donors (Lipinski definition) is 2. The first-order chi connectivity index (χ1) is 9.60. The Kier molecular flexibility index (Phi) is 4.94. The third kappa shape index (κ3) is 3.69. The Bertz CT molecular complexity index is 614. The first-order valence-electron chi connectivity index (χ1n) is 6.20. The number of anilines is 2. The van der Waals surface area contributed by atoms with Crippen molar-refractivity contribution in [2.45, 2.75) is 6.92 Å². The minimum absolute atomic E-state index is 0.211. The predicted molar refractivity (Wildman–Crippen MR) is 87.7 cm³/mol. The van der Waals surface area contributed by atoms with Crippen LogP contribution < -0.4 is 10.6 Å². The van der Waals surface area contributed by atoms with Crippen LogP contribution in [0.15, 0.2) is 42.5 Å². The Morgan fingerprint density at radius 2 is 1.90 bits per heavy atom. The third-order valence-corrected chi connectivity index (χ3v) is 3.60. The molecular weight excluding hydrogens is 370 g/mol. The molecule has 2 aromatic carbocycles. The highest BCUT2D eigenvalue weighted by molar-refractivity contribution is 14.1. The summed E-state index contributed by atoms with van der Waals surface area (Å²) in [6.07, 6.45) is 0. The van der Waals surface area contributed by atoms with E-state index in [1.54, 1.807) is 18.2 Å². The predicted octanol–water partition coefficient (Wildman–Crippen LogP) is 4.11. The molecule has 20 heavy (non-hydrogen) atoms. The van der Waals surface area contributed by atoms with Gasteiger partial charge >= 0.3 is 0 Å². The SMILES string of the molecule is CCNc1ccc(C(=O)Nc2ccc(F)cc2I)cc1. The first kappa shape index (κ1) is 14.8. The average Bonchev–Trinajstić information content (AvgIpc) is 2.43. The second kappa shape index (κ2) is 6.69. The standard InChI is InChI=1S/C15H14FIN2O/c1-2-18-12-6-3-10(4-7-12)15(20)19-14-8-5-11(16)9-13(14)17/h3-9,18H,2H2,1H3,(H,19,20). The molecule has 0 bridgehead atoms. The number of nitrogens with one attached hydrogen (secondary N) is 2. The van der Waals surface area contributed by atoms with Crippen molar-refractivity contribution >= 4 is 39.9 Å². The van der Waals surface area contributed by atoms with Gasteiger partial charge in [0.05, 0.1) is 5.69 Å². The van der Waals surface area contributed by atoms with Gasteiger partial charge in [0.25, 0.3) is 5.91 Å². The molecule has 0 spiro atoms. The van der Waals surface area contributed by atoms with Crippen LogP contribution >= 0.6 is 22.6 Å². The topological polar surface area (TPSA) is 41.1 Å². The largest absolute Gasteiger partial charge is 0.385 e. The summed E-state index contributed by atoms with van der Waals surface area (Å²) in [5.74, 6) is -0.528. The van der Waals surface area contributed by atoms with Crippen molar-refractivity contribution in [3.05, 3.63) is 57.4 Å². The van der Waals surface area contributed by atoms with Gasteiger partial charge in [0.15, 0.2) is 0 Å². The highest BCUT2D eigenvalue weighted by Crippen LogP contribution is 2.20. The summed E-state index contributed by atoms with van der Waals surface area (Å²) in [5.41, 5.74) is 2.14. The molecule has 3 nitrogen and oxygen atoms in total. The molecule has 1 amide bonds. The molecule has 0 atom stereocenters. The van der Waals surface area contributed by atoms with E-state index in [0.29, 0.717) is 14.8 Å². The van der Waals surface area contributed by atoms with E-state index < -0.39 is 0 Å². The van der Waals surface area contributed by atoms with E-state index in [1.807, 2.05) is 41.6 Å². The van der Waals surface area contributed by atoms with Gasteiger partial charge in [-0.3, -0.25) is 4.79 Å². The van der Waals surface area contributed by atoms with E-state index in [-0.39, 0.29) is 11.7 Å². The molecule has 0 aliphatic heterocycles. The summed E-state index contributed by atoms with van der Waals surface area (Å²) in [4.78, 5) is 12.1. The van der Waals surface area contributed by atoms with E-state index in [0.717, 1.165) is 12.2 Å². The van der Waals surface area contributed by atoms with Gasteiger partial charge in [-0.2, -0.15) is 0 Å². The second-order valence-corrected chi connectivity index (χ2v) is 5.35. The van der Waals surface area contributed by atoms with Crippen LogP contribution in [0.2, 0.25) is 0 Å². The molecule has 0 heterocycles. The molecule has 5 heteroatoms. The molecule has 0 saturated heterocycles. The molecule has 0 radical (unpaired) electrons. The Balaban J connectivity index is 2.11. The fourth-order valence-corrected chi connectivity index (χ4v) is 2.34. The quantitative estimate of drug-likeness (QED) is 0.779. The molecular formula is C15H14FIN2O. The van der Waals surface area contributed by atoms with Crippen molar-refractivity contribution in [1.29, 1.82) is 0 Å². The summed E-state index contributed by atoms with van der Waals surface area (Å²) in [6.45, 7) is 2.84. The van der Waals surface area contributed by atoms with Crippen LogP contribution in [-0.4, -0.2) is 12.5 Å². The maximum Gasteiger partial charge on any atom is 0.255 e. The van der Waals surface area contributed by atoms with Crippen LogP contribution in [0.4, 0.5) is 15.8 Å². The highest BCUT2D eigenvalue weighted by atomic mass is 127. The minimum atomic E-state index is -0.317. The molecule has 0 aliphatic carbocycles. The van der Waals surface area contributed by atoms with E-state index in [4.69, 9.17) is 0 Å². The minimum Gasteiger partial charge on any atom is -0.385 e. The van der Waals surface area contributed by atoms with Crippen molar-refractivity contribution in [2.24, 2.45) is 0 Å². The fourth-order valence-electron chi connectivity index (χ4n) is 1.73. The van der Waals surface area contributed by atoms with E-state index in [2.05, 4.69) is 10.6 Å². The smallest absolute Gasteiger partial charge is 0.255 e. The number of amides is 1. The normalized spacial score (nSPS) is 10.2. The summed E-state index contributed by atoms with van der Waals surface area (Å²) < 4.78 is 13.7. The van der Waals surface area contributed by atoms with Crippen LogP contribution in [0.1, 0.15) is 17.3 Å². The van der Waals surface area contributed by atoms with Gasteiger partial charge in [-0.05, 0) is 72.0 Å². The maximum atomic E-state index is 13.0. The Morgan fingerprint density at radius 3 is 2.50 bits per heavy atom. The molecule has 2 rings (SSSR count). The molecule has 104 valence electrons. The van der Waals surface area contributed by atoms with Crippen LogP contribution in [0.3, 0.4) is 0 Å². The molecule has 2 aromatic rings. The van der Waals surface area contributed by atoms with Gasteiger partial charge in [-0.1, -0.05) is 0 Å². The van der Waals surface area contributed by atoms with Crippen LogP contribution in [0, 0.1) is 9.39 Å². The molecule has 0 unspecified atom stereocenters. The number of carbonyl (C=O) groups excluding carboxylic acids is 1. The monoisotopic (exact) mass is 384 g/mol. The van der Waals surface area contributed by atoms with Crippen molar-refractivity contribution in [3.63, 3.8) is 0 Å². The molecule has 0 fully saturated rings. The highest BCUT2D eigenvalue weighted by Gasteiger charge is 2.08. The van der Waals surface area contributed by atoms with Gasteiger partial charge in [-0.15, -0.1) is 0 Å². The van der Waals surface area contributed by atoms with Crippen LogP contribution in [-0.2, 0) is 0 Å². The van der Waals surface area contributed by atoms with Crippen molar-refractivity contribution < 1.29 is 9.18 Å². The van der Waals surface area contributed by atoms with Crippen molar-refractivity contribution in [1.82, 2.24) is 0 Å². The van der Waals surface area contributed by atoms with E-state index in [1.165, 1.54) is 12.1 Å². The lowest BCUT2D eigenvalue weighted by atomic mass is 10.2. The first-order valence-corrected chi connectivity index (χ1v) is 7.28. The Labute approximate surface area is 130 Å². The molecule has 2 N–H and O–H groups in total. The number of benzene rings is 2. The summed E-state index contributed by atoms with van der Waals surface area (Å²) >= 11 is 1.99. The van der Waals surface area contributed by atoms with Gasteiger partial charge in [-0.25, -0.2) is 4.39 Å². The fraction of sp³-hybridized carbons (Fsp3) is 0.133. The van der Waals surface area contributed by atoms with E-state index >= 15 is 0 Å². The average molecular weight is 384 g/mol. The molecule has 0 saturated carbocycles. The zero-order valence-corrected chi connectivity index (χ0v) is 13.1. The summed E-state index contributed by atoms with van der Waals surface area (Å²) in [5, 5.41) is 5.94. The number of hydrogen-bond acceptors (Lipinski definition) is 2. The van der Waals surface area contributed by atoms with Gasteiger partial charge in [0.1, 0.15) is 5.82 Å². The summed E-state index contributed by atoms with van der Waals surface area (Å²) in [6, 6.07) is 11.5.